The van der Waals surface area contributed by atoms with Crippen LogP contribution < -0.4 is 0 Å². The highest BCUT2D eigenvalue weighted by atomic mass is 16.6. The molecule has 5 nitrogen and oxygen atoms in total. The van der Waals surface area contributed by atoms with Gasteiger partial charge in [0.05, 0.1) is 11.8 Å². The zero-order chi connectivity index (χ0) is 15.4. The summed E-state index contributed by atoms with van der Waals surface area (Å²) < 4.78 is 5.44. The second-order valence-electron chi connectivity index (χ2n) is 8.28. The van der Waals surface area contributed by atoms with E-state index in [1.165, 1.54) is 12.8 Å². The molecule has 0 amide bonds. The fourth-order valence-corrected chi connectivity index (χ4v) is 5.46. The van der Waals surface area contributed by atoms with E-state index >= 15 is 0 Å². The van der Waals surface area contributed by atoms with Crippen molar-refractivity contribution in [2.75, 3.05) is 6.54 Å². The lowest BCUT2D eigenvalue weighted by molar-refractivity contribution is -0.512. The van der Waals surface area contributed by atoms with Crippen LogP contribution in [0.2, 0.25) is 0 Å². The molecular formula is C16H25NO4. The molecule has 0 aromatic heterocycles. The van der Waals surface area contributed by atoms with Crippen molar-refractivity contribution in [3.8, 4) is 0 Å². The lowest BCUT2D eigenvalue weighted by Crippen LogP contribution is -2.59. The van der Waals surface area contributed by atoms with E-state index in [2.05, 4.69) is 0 Å². The smallest absolute Gasteiger partial charge is 0.307 e. The van der Waals surface area contributed by atoms with Crippen molar-refractivity contribution in [3.63, 3.8) is 0 Å². The zero-order valence-electron chi connectivity index (χ0n) is 13.1. The van der Waals surface area contributed by atoms with Gasteiger partial charge in [-0.1, -0.05) is 6.42 Å². The number of esters is 1. The van der Waals surface area contributed by atoms with E-state index in [9.17, 15) is 14.9 Å². The van der Waals surface area contributed by atoms with Gasteiger partial charge < -0.3 is 4.74 Å². The van der Waals surface area contributed by atoms with Gasteiger partial charge in [0.25, 0.3) is 0 Å². The SMILES string of the molecule is CC(C)(C)OC(=O)C[C@]1(C[N+](=O)[O-])C2CCC3C[C@H]2[C@H]1C3. The fourth-order valence-electron chi connectivity index (χ4n) is 5.46. The quantitative estimate of drug-likeness (QED) is 0.454. The summed E-state index contributed by atoms with van der Waals surface area (Å²) in [6.45, 7) is 5.46. The number of ether oxygens (including phenoxy) is 1. The number of fused-ring (bicyclic) bond motifs is 1. The van der Waals surface area contributed by atoms with E-state index in [1.807, 2.05) is 20.8 Å². The third-order valence-corrected chi connectivity index (χ3v) is 5.91. The number of carbonyl (C=O) groups excluding carboxylic acids is 1. The molecule has 2 unspecified atom stereocenters. The lowest BCUT2D eigenvalue weighted by atomic mass is 9.45. The fraction of sp³-hybridized carbons (Fsp3) is 0.938. The highest BCUT2D eigenvalue weighted by molar-refractivity contribution is 5.71. The minimum Gasteiger partial charge on any atom is -0.460 e. The molecule has 118 valence electrons. The van der Waals surface area contributed by atoms with Crippen LogP contribution in [0.25, 0.3) is 0 Å². The molecule has 0 heterocycles. The molecule has 21 heavy (non-hydrogen) atoms. The minimum atomic E-state index is -0.524. The Balaban J connectivity index is 1.79. The molecule has 3 fully saturated rings. The van der Waals surface area contributed by atoms with Crippen LogP contribution in [0.1, 0.15) is 52.9 Å². The molecular weight excluding hydrogens is 270 g/mol. The van der Waals surface area contributed by atoms with Gasteiger partial charge in [-0.2, -0.15) is 0 Å². The molecule has 3 aliphatic rings. The van der Waals surface area contributed by atoms with Crippen molar-refractivity contribution >= 4 is 5.97 Å². The van der Waals surface area contributed by atoms with Crippen molar-refractivity contribution in [1.82, 2.24) is 0 Å². The van der Waals surface area contributed by atoms with Crippen LogP contribution in [0.5, 0.6) is 0 Å². The maximum absolute atomic E-state index is 12.3. The Morgan fingerprint density at radius 1 is 1.29 bits per heavy atom. The first-order chi connectivity index (χ1) is 9.71. The Morgan fingerprint density at radius 2 is 2.00 bits per heavy atom. The summed E-state index contributed by atoms with van der Waals surface area (Å²) in [4.78, 5) is 23.2. The van der Waals surface area contributed by atoms with Crippen molar-refractivity contribution in [1.29, 1.82) is 0 Å². The maximum atomic E-state index is 12.3. The van der Waals surface area contributed by atoms with Gasteiger partial charge in [-0.15, -0.1) is 0 Å². The van der Waals surface area contributed by atoms with Crippen LogP contribution in [-0.2, 0) is 9.53 Å². The van der Waals surface area contributed by atoms with Crippen LogP contribution in [0.3, 0.4) is 0 Å². The molecule has 0 saturated heterocycles. The van der Waals surface area contributed by atoms with Crippen LogP contribution in [0, 0.1) is 39.2 Å². The first-order valence-corrected chi connectivity index (χ1v) is 8.05. The average Bonchev–Trinajstić information content (AvgIpc) is 2.50. The highest BCUT2D eigenvalue weighted by Gasteiger charge is 2.69. The van der Waals surface area contributed by atoms with E-state index in [-0.39, 0.29) is 23.9 Å². The third-order valence-electron chi connectivity index (χ3n) is 5.91. The van der Waals surface area contributed by atoms with Gasteiger partial charge in [-0.25, -0.2) is 0 Å². The molecule has 0 aromatic carbocycles. The normalized spacial score (nSPS) is 40.5. The molecule has 3 saturated carbocycles. The Bertz CT molecular complexity index is 461. The monoisotopic (exact) mass is 295 g/mol. The van der Waals surface area contributed by atoms with Crippen molar-refractivity contribution in [3.05, 3.63) is 10.1 Å². The van der Waals surface area contributed by atoms with Gasteiger partial charge in [-0.05, 0) is 63.7 Å². The van der Waals surface area contributed by atoms with Crippen LogP contribution >= 0.6 is 0 Å². The zero-order valence-corrected chi connectivity index (χ0v) is 13.1. The van der Waals surface area contributed by atoms with Crippen molar-refractivity contribution < 1.29 is 14.5 Å². The molecule has 3 rings (SSSR count). The predicted octanol–water partition coefficient (Wildman–Crippen LogP) is 3.05. The lowest BCUT2D eigenvalue weighted by Gasteiger charge is -2.57. The number of hydrogen-bond donors (Lipinski definition) is 0. The first-order valence-electron chi connectivity index (χ1n) is 8.05. The molecule has 0 aromatic rings. The summed E-state index contributed by atoms with van der Waals surface area (Å²) in [5, 5.41) is 11.2. The summed E-state index contributed by atoms with van der Waals surface area (Å²) in [6.07, 6.45) is 4.78. The predicted molar refractivity (Wildman–Crippen MR) is 77.2 cm³/mol. The van der Waals surface area contributed by atoms with E-state index in [1.54, 1.807) is 0 Å². The Hall–Kier alpha value is -1.13. The van der Waals surface area contributed by atoms with Crippen LogP contribution in [-0.4, -0.2) is 23.0 Å². The second kappa shape index (κ2) is 4.68. The average molecular weight is 295 g/mol. The first kappa shape index (κ1) is 14.8. The maximum Gasteiger partial charge on any atom is 0.307 e. The molecule has 0 spiro atoms. The van der Waals surface area contributed by atoms with Gasteiger partial charge in [0.1, 0.15) is 5.60 Å². The summed E-state index contributed by atoms with van der Waals surface area (Å²) in [7, 11) is 0. The summed E-state index contributed by atoms with van der Waals surface area (Å²) >= 11 is 0. The number of nitro groups is 1. The Kier molecular flexibility index (Phi) is 3.30. The van der Waals surface area contributed by atoms with E-state index in [0.29, 0.717) is 17.8 Å². The standard InChI is InChI=1S/C16H25NO4/c1-15(2,3)21-14(18)8-16(9-17(19)20)12-5-4-10-6-11(12)13(16)7-10/h10-13H,4-9H2,1-3H3/t10?,11-,12?,13-,16+/m1/s1. The summed E-state index contributed by atoms with van der Waals surface area (Å²) in [5.74, 6) is 1.83. The Morgan fingerprint density at radius 3 is 2.62 bits per heavy atom. The summed E-state index contributed by atoms with van der Waals surface area (Å²) in [6, 6.07) is 0. The molecule has 5 heteroatoms. The number of hydrogen-bond acceptors (Lipinski definition) is 4. The molecule has 0 radical (unpaired) electrons. The topological polar surface area (TPSA) is 69.4 Å². The van der Waals surface area contributed by atoms with Gasteiger partial charge in [0, 0.05) is 4.92 Å². The molecule has 0 aliphatic heterocycles. The molecule has 3 aliphatic carbocycles. The highest BCUT2D eigenvalue weighted by Crippen LogP contribution is 2.70. The minimum absolute atomic E-state index is 0.0647. The van der Waals surface area contributed by atoms with Gasteiger partial charge in [0.15, 0.2) is 0 Å². The number of rotatable bonds is 4. The van der Waals surface area contributed by atoms with Gasteiger partial charge in [0.2, 0.25) is 6.54 Å². The second-order valence-corrected chi connectivity index (χ2v) is 8.28. The van der Waals surface area contributed by atoms with E-state index < -0.39 is 11.0 Å². The number of nitrogens with zero attached hydrogens (tertiary/aromatic N) is 1. The van der Waals surface area contributed by atoms with Crippen LogP contribution in [0.15, 0.2) is 0 Å². The largest absolute Gasteiger partial charge is 0.460 e. The van der Waals surface area contributed by atoms with Crippen LogP contribution in [0.4, 0.5) is 0 Å². The van der Waals surface area contributed by atoms with Crippen molar-refractivity contribution in [2.24, 2.45) is 29.1 Å². The molecule has 5 atom stereocenters. The Labute approximate surface area is 125 Å². The molecule has 0 N–H and O–H groups in total. The van der Waals surface area contributed by atoms with Gasteiger partial charge >= 0.3 is 5.97 Å². The third kappa shape index (κ3) is 2.44. The number of carbonyl (C=O) groups is 1. The summed E-state index contributed by atoms with van der Waals surface area (Å²) in [5.41, 5.74) is -0.953. The van der Waals surface area contributed by atoms with E-state index in [0.717, 1.165) is 18.8 Å². The van der Waals surface area contributed by atoms with E-state index in [4.69, 9.17) is 4.74 Å². The molecule has 2 bridgehead atoms. The van der Waals surface area contributed by atoms with Gasteiger partial charge in [-0.3, -0.25) is 14.9 Å². The van der Waals surface area contributed by atoms with Crippen molar-refractivity contribution in [2.45, 2.75) is 58.5 Å².